The molecular formula is C14H12ClN5OS. The van der Waals surface area contributed by atoms with Crippen LogP contribution in [0.3, 0.4) is 0 Å². The zero-order chi connectivity index (χ0) is 15.5. The van der Waals surface area contributed by atoms with Gasteiger partial charge in [-0.2, -0.15) is 5.10 Å². The number of carbonyl (C=O) groups is 1. The maximum Gasteiger partial charge on any atom is 0.253 e. The van der Waals surface area contributed by atoms with Crippen molar-refractivity contribution in [2.75, 3.05) is 5.73 Å². The van der Waals surface area contributed by atoms with Crippen molar-refractivity contribution in [2.45, 2.75) is 6.54 Å². The van der Waals surface area contributed by atoms with Gasteiger partial charge >= 0.3 is 0 Å². The zero-order valence-electron chi connectivity index (χ0n) is 11.4. The third kappa shape index (κ3) is 3.10. The zero-order valence-corrected chi connectivity index (χ0v) is 12.9. The minimum absolute atomic E-state index is 0.273. The Balaban J connectivity index is 1.78. The second-order valence-corrected chi connectivity index (χ2v) is 5.77. The van der Waals surface area contributed by atoms with E-state index in [1.807, 2.05) is 0 Å². The number of nitrogens with one attached hydrogen (secondary N) is 1. The van der Waals surface area contributed by atoms with Crippen molar-refractivity contribution >= 4 is 34.0 Å². The molecule has 1 aromatic carbocycles. The first kappa shape index (κ1) is 14.6. The quantitative estimate of drug-likeness (QED) is 0.768. The predicted molar refractivity (Wildman–Crippen MR) is 86.3 cm³/mol. The summed E-state index contributed by atoms with van der Waals surface area (Å²) in [6.45, 7) is 0.300. The molecule has 0 atom stereocenters. The van der Waals surface area contributed by atoms with Gasteiger partial charge in [-0.25, -0.2) is 9.67 Å². The fraction of sp³-hybridized carbons (Fsp3) is 0.0714. The fourth-order valence-electron chi connectivity index (χ4n) is 1.92. The van der Waals surface area contributed by atoms with Crippen molar-refractivity contribution < 1.29 is 4.79 Å². The first-order chi connectivity index (χ1) is 10.6. The van der Waals surface area contributed by atoms with E-state index in [0.717, 1.165) is 11.4 Å². The van der Waals surface area contributed by atoms with Gasteiger partial charge in [0.05, 0.1) is 28.5 Å². The average molecular weight is 334 g/mol. The summed E-state index contributed by atoms with van der Waals surface area (Å²) in [5.41, 5.74) is 7.42. The SMILES string of the molecule is Nc1nc(CNC(=O)c2cc(-n3cccn3)ccc2Cl)cs1. The lowest BCUT2D eigenvalue weighted by molar-refractivity contribution is 0.0950. The molecule has 0 bridgehead atoms. The molecule has 0 unspecified atom stereocenters. The van der Waals surface area contributed by atoms with E-state index in [0.29, 0.717) is 22.3 Å². The molecule has 0 fully saturated rings. The van der Waals surface area contributed by atoms with Gasteiger partial charge in [-0.15, -0.1) is 11.3 Å². The minimum atomic E-state index is -0.273. The van der Waals surface area contributed by atoms with Gasteiger partial charge in [0, 0.05) is 17.8 Å². The van der Waals surface area contributed by atoms with Crippen LogP contribution in [0.5, 0.6) is 0 Å². The molecule has 0 saturated carbocycles. The lowest BCUT2D eigenvalue weighted by Gasteiger charge is -2.08. The van der Waals surface area contributed by atoms with Crippen LogP contribution in [0.15, 0.2) is 42.0 Å². The normalized spacial score (nSPS) is 10.6. The number of nitrogen functional groups attached to an aromatic ring is 1. The highest BCUT2D eigenvalue weighted by Gasteiger charge is 2.12. The minimum Gasteiger partial charge on any atom is -0.375 e. The monoisotopic (exact) mass is 333 g/mol. The highest BCUT2D eigenvalue weighted by atomic mass is 35.5. The van der Waals surface area contributed by atoms with E-state index in [2.05, 4.69) is 15.4 Å². The van der Waals surface area contributed by atoms with Gasteiger partial charge in [-0.05, 0) is 24.3 Å². The van der Waals surface area contributed by atoms with Gasteiger partial charge in [0.25, 0.3) is 5.91 Å². The summed E-state index contributed by atoms with van der Waals surface area (Å²) < 4.78 is 1.66. The molecule has 0 radical (unpaired) electrons. The van der Waals surface area contributed by atoms with Crippen LogP contribution < -0.4 is 11.1 Å². The number of thiazole rings is 1. The number of benzene rings is 1. The Kier molecular flexibility index (Phi) is 4.08. The molecule has 8 heteroatoms. The number of nitrogens with zero attached hydrogens (tertiary/aromatic N) is 3. The van der Waals surface area contributed by atoms with E-state index in [-0.39, 0.29) is 5.91 Å². The third-order valence-corrected chi connectivity index (χ3v) is 4.02. The topological polar surface area (TPSA) is 85.8 Å². The summed E-state index contributed by atoms with van der Waals surface area (Å²) in [6.07, 6.45) is 3.46. The van der Waals surface area contributed by atoms with Crippen molar-refractivity contribution in [1.82, 2.24) is 20.1 Å². The third-order valence-electron chi connectivity index (χ3n) is 2.96. The van der Waals surface area contributed by atoms with Crippen LogP contribution in [0.4, 0.5) is 5.13 Å². The number of amides is 1. The first-order valence-corrected chi connectivity index (χ1v) is 7.67. The average Bonchev–Trinajstić information content (AvgIpc) is 3.17. The molecule has 1 amide bonds. The van der Waals surface area contributed by atoms with E-state index < -0.39 is 0 Å². The summed E-state index contributed by atoms with van der Waals surface area (Å²) in [6, 6.07) is 6.97. The van der Waals surface area contributed by atoms with Crippen LogP contribution in [0.25, 0.3) is 5.69 Å². The highest BCUT2D eigenvalue weighted by molar-refractivity contribution is 7.13. The lowest BCUT2D eigenvalue weighted by Crippen LogP contribution is -2.23. The molecule has 3 rings (SSSR count). The molecule has 6 nitrogen and oxygen atoms in total. The van der Waals surface area contributed by atoms with Gasteiger partial charge in [0.15, 0.2) is 5.13 Å². The fourth-order valence-corrected chi connectivity index (χ4v) is 2.69. The largest absolute Gasteiger partial charge is 0.375 e. The Hall–Kier alpha value is -2.38. The maximum absolute atomic E-state index is 12.3. The van der Waals surface area contributed by atoms with Crippen LogP contribution in [-0.2, 0) is 6.54 Å². The van der Waals surface area contributed by atoms with Gasteiger partial charge in [-0.1, -0.05) is 11.6 Å². The summed E-state index contributed by atoms with van der Waals surface area (Å²) in [7, 11) is 0. The number of hydrogen-bond donors (Lipinski definition) is 2. The van der Waals surface area contributed by atoms with Gasteiger partial charge < -0.3 is 11.1 Å². The second kappa shape index (κ2) is 6.17. The van der Waals surface area contributed by atoms with Crippen molar-refractivity contribution in [3.8, 4) is 5.69 Å². The summed E-state index contributed by atoms with van der Waals surface area (Å²) in [4.78, 5) is 16.4. The van der Waals surface area contributed by atoms with Gasteiger partial charge in [0.1, 0.15) is 0 Å². The highest BCUT2D eigenvalue weighted by Crippen LogP contribution is 2.20. The Morgan fingerprint density at radius 1 is 1.45 bits per heavy atom. The molecule has 0 aliphatic rings. The molecule has 0 aliphatic carbocycles. The van der Waals surface area contributed by atoms with Gasteiger partial charge in [-0.3, -0.25) is 4.79 Å². The Morgan fingerprint density at radius 3 is 3.00 bits per heavy atom. The van der Waals surface area contributed by atoms with Crippen LogP contribution in [0.2, 0.25) is 5.02 Å². The molecule has 3 aromatic rings. The van der Waals surface area contributed by atoms with Crippen LogP contribution in [0, 0.1) is 0 Å². The van der Waals surface area contributed by atoms with Crippen molar-refractivity contribution in [3.05, 3.63) is 58.3 Å². The number of aromatic nitrogens is 3. The van der Waals surface area contributed by atoms with Crippen molar-refractivity contribution in [3.63, 3.8) is 0 Å². The molecule has 22 heavy (non-hydrogen) atoms. The number of halogens is 1. The number of carbonyl (C=O) groups excluding carboxylic acids is 1. The molecular weight excluding hydrogens is 322 g/mol. The van der Waals surface area contributed by atoms with E-state index in [4.69, 9.17) is 17.3 Å². The Labute approximate surface area is 135 Å². The van der Waals surface area contributed by atoms with Crippen LogP contribution in [-0.4, -0.2) is 20.7 Å². The Morgan fingerprint density at radius 2 is 2.32 bits per heavy atom. The molecule has 0 spiro atoms. The smallest absolute Gasteiger partial charge is 0.253 e. The van der Waals surface area contributed by atoms with E-state index in [1.165, 1.54) is 11.3 Å². The molecule has 3 N–H and O–H groups in total. The molecule has 112 valence electrons. The summed E-state index contributed by atoms with van der Waals surface area (Å²) >= 11 is 7.45. The van der Waals surface area contributed by atoms with E-state index >= 15 is 0 Å². The molecule has 0 saturated heterocycles. The number of anilines is 1. The van der Waals surface area contributed by atoms with Crippen molar-refractivity contribution in [1.29, 1.82) is 0 Å². The Bertz CT molecular complexity index is 799. The molecule has 2 aromatic heterocycles. The standard InChI is InChI=1S/C14H12ClN5OS/c15-12-3-2-10(20-5-1-4-18-20)6-11(12)13(21)17-7-9-8-22-14(16)19-9/h1-6,8H,7H2,(H2,16,19)(H,17,21). The lowest BCUT2D eigenvalue weighted by atomic mass is 10.2. The second-order valence-electron chi connectivity index (χ2n) is 4.47. The number of hydrogen-bond acceptors (Lipinski definition) is 5. The summed E-state index contributed by atoms with van der Waals surface area (Å²) in [5.74, 6) is -0.273. The van der Waals surface area contributed by atoms with E-state index in [1.54, 1.807) is 46.7 Å². The van der Waals surface area contributed by atoms with Crippen LogP contribution >= 0.6 is 22.9 Å². The number of nitrogens with two attached hydrogens (primary N) is 1. The van der Waals surface area contributed by atoms with E-state index in [9.17, 15) is 4.79 Å². The predicted octanol–water partition coefficient (Wildman–Crippen LogP) is 2.49. The van der Waals surface area contributed by atoms with Crippen molar-refractivity contribution in [2.24, 2.45) is 0 Å². The van der Waals surface area contributed by atoms with Crippen LogP contribution in [0.1, 0.15) is 16.1 Å². The molecule has 2 heterocycles. The maximum atomic E-state index is 12.3. The number of rotatable bonds is 4. The molecule has 0 aliphatic heterocycles. The van der Waals surface area contributed by atoms with Gasteiger partial charge in [0.2, 0.25) is 0 Å². The first-order valence-electron chi connectivity index (χ1n) is 6.41. The summed E-state index contributed by atoms with van der Waals surface area (Å²) in [5, 5.41) is 9.57.